The lowest BCUT2D eigenvalue weighted by Crippen LogP contribution is -2.29. The van der Waals surface area contributed by atoms with E-state index in [1.165, 1.54) is 0 Å². The largest absolute Gasteiger partial charge is 0.296 e. The Morgan fingerprint density at radius 3 is 2.40 bits per heavy atom. The molecule has 0 aromatic rings. The fourth-order valence-corrected chi connectivity index (χ4v) is 0.385. The molecule has 0 aliphatic rings. The quantitative estimate of drug-likeness (QED) is 0.644. The lowest BCUT2D eigenvalue weighted by molar-refractivity contribution is -0.0680. The van der Waals surface area contributed by atoms with Gasteiger partial charge in [-0.05, 0) is 20.8 Å². The van der Waals surface area contributed by atoms with Crippen LogP contribution < -0.4 is 5.48 Å². The predicted molar refractivity (Wildman–Crippen MR) is 43.8 cm³/mol. The number of hydroxylamine groups is 1. The van der Waals surface area contributed by atoms with Crippen LogP contribution in [0, 0.1) is 0 Å². The molecule has 10 heavy (non-hydrogen) atoms. The molecule has 3 heteroatoms. The normalized spacial score (nSPS) is 11.6. The van der Waals surface area contributed by atoms with E-state index in [0.29, 0.717) is 11.6 Å². The Hall–Kier alpha value is -0.0500. The van der Waals surface area contributed by atoms with E-state index < -0.39 is 0 Å². The summed E-state index contributed by atoms with van der Waals surface area (Å²) in [6.07, 6.45) is 0. The first-order valence-electron chi connectivity index (χ1n) is 3.16. The average Bonchev–Trinajstić information content (AvgIpc) is 1.59. The van der Waals surface area contributed by atoms with Gasteiger partial charge in [-0.25, -0.2) is 0 Å². The predicted octanol–water partition coefficient (Wildman–Crippen LogP) is 2.06. The average molecular weight is 164 g/mol. The Kier molecular flexibility index (Phi) is 3.94. The van der Waals surface area contributed by atoms with E-state index in [2.05, 4.69) is 12.1 Å². The molecule has 1 N–H and O–H groups in total. The highest BCUT2D eigenvalue weighted by molar-refractivity contribution is 6.29. The molecule has 60 valence electrons. The number of halogens is 1. The molecule has 0 unspecified atom stereocenters. The zero-order valence-corrected chi connectivity index (χ0v) is 7.46. The summed E-state index contributed by atoms with van der Waals surface area (Å²) in [5, 5.41) is 0.546. The lowest BCUT2D eigenvalue weighted by atomic mass is 10.2. The van der Waals surface area contributed by atoms with Crippen molar-refractivity contribution in [1.82, 2.24) is 5.48 Å². The number of nitrogens with one attached hydrogen (secondary N) is 1. The van der Waals surface area contributed by atoms with E-state index in [0.717, 1.165) is 0 Å². The summed E-state index contributed by atoms with van der Waals surface area (Å²) in [5.41, 5.74) is 2.52. The van der Waals surface area contributed by atoms with Crippen LogP contribution in [0.2, 0.25) is 0 Å². The van der Waals surface area contributed by atoms with Gasteiger partial charge in [0.15, 0.2) is 0 Å². The van der Waals surface area contributed by atoms with Crippen molar-refractivity contribution in [3.63, 3.8) is 0 Å². The molecule has 0 aliphatic carbocycles. The summed E-state index contributed by atoms with van der Waals surface area (Å²) in [6.45, 7) is 9.85. The Labute approximate surface area is 67.2 Å². The standard InChI is InChI=1S/C7H14ClNO/c1-6(8)5-9-10-7(2,3)4/h9H,1,5H2,2-4H3. The molecule has 0 amide bonds. The van der Waals surface area contributed by atoms with E-state index in [4.69, 9.17) is 16.4 Å². The molecule has 0 saturated carbocycles. The maximum absolute atomic E-state index is 5.47. The number of hydrogen-bond donors (Lipinski definition) is 1. The molecule has 0 heterocycles. The van der Waals surface area contributed by atoms with Gasteiger partial charge in [-0.1, -0.05) is 18.2 Å². The van der Waals surface area contributed by atoms with E-state index >= 15 is 0 Å². The molecule has 0 radical (unpaired) electrons. The van der Waals surface area contributed by atoms with Gasteiger partial charge in [-0.2, -0.15) is 5.48 Å². The van der Waals surface area contributed by atoms with Crippen molar-refractivity contribution in [2.45, 2.75) is 26.4 Å². The van der Waals surface area contributed by atoms with Crippen LogP contribution >= 0.6 is 11.6 Å². The molecule has 0 spiro atoms. The van der Waals surface area contributed by atoms with Gasteiger partial charge in [-0.15, -0.1) is 0 Å². The van der Waals surface area contributed by atoms with E-state index in [-0.39, 0.29) is 5.60 Å². The van der Waals surface area contributed by atoms with Gasteiger partial charge in [0.1, 0.15) is 0 Å². The van der Waals surface area contributed by atoms with Gasteiger partial charge in [0.2, 0.25) is 0 Å². The fraction of sp³-hybridized carbons (Fsp3) is 0.714. The van der Waals surface area contributed by atoms with Crippen LogP contribution in [-0.2, 0) is 4.84 Å². The molecular formula is C7H14ClNO. The highest BCUT2D eigenvalue weighted by Crippen LogP contribution is 2.04. The molecule has 0 aromatic heterocycles. The van der Waals surface area contributed by atoms with Crippen LogP contribution in [0.5, 0.6) is 0 Å². The molecule has 0 saturated heterocycles. The Morgan fingerprint density at radius 2 is 2.10 bits per heavy atom. The zero-order chi connectivity index (χ0) is 8.20. The van der Waals surface area contributed by atoms with E-state index in [9.17, 15) is 0 Å². The molecule has 0 aliphatic heterocycles. The van der Waals surface area contributed by atoms with Crippen molar-refractivity contribution in [2.75, 3.05) is 6.54 Å². The maximum atomic E-state index is 5.47. The second kappa shape index (κ2) is 3.96. The van der Waals surface area contributed by atoms with Gasteiger partial charge in [0, 0.05) is 5.03 Å². The maximum Gasteiger partial charge on any atom is 0.0813 e. The van der Waals surface area contributed by atoms with Crippen molar-refractivity contribution >= 4 is 11.6 Å². The molecule has 0 fully saturated rings. The fourth-order valence-electron chi connectivity index (χ4n) is 0.331. The van der Waals surface area contributed by atoms with Crippen LogP contribution in [0.3, 0.4) is 0 Å². The molecule has 0 bridgehead atoms. The third-order valence-corrected chi connectivity index (χ3v) is 0.776. The summed E-state index contributed by atoms with van der Waals surface area (Å²) >= 11 is 5.47. The summed E-state index contributed by atoms with van der Waals surface area (Å²) in [7, 11) is 0. The smallest absolute Gasteiger partial charge is 0.0813 e. The molecule has 0 aromatic carbocycles. The summed E-state index contributed by atoms with van der Waals surface area (Å²) in [6, 6.07) is 0. The highest BCUT2D eigenvalue weighted by Gasteiger charge is 2.09. The first-order valence-corrected chi connectivity index (χ1v) is 3.54. The van der Waals surface area contributed by atoms with Crippen LogP contribution in [0.15, 0.2) is 11.6 Å². The summed E-state index contributed by atoms with van der Waals surface area (Å²) in [4.78, 5) is 5.14. The lowest BCUT2D eigenvalue weighted by Gasteiger charge is -2.18. The number of rotatable bonds is 3. The minimum absolute atomic E-state index is 0.174. The van der Waals surface area contributed by atoms with Crippen molar-refractivity contribution in [3.8, 4) is 0 Å². The Balaban J connectivity index is 3.29. The molecule has 0 rings (SSSR count). The minimum atomic E-state index is -0.174. The third kappa shape index (κ3) is 7.95. The highest BCUT2D eigenvalue weighted by atomic mass is 35.5. The van der Waals surface area contributed by atoms with E-state index in [1.54, 1.807) is 0 Å². The van der Waals surface area contributed by atoms with Crippen molar-refractivity contribution in [3.05, 3.63) is 11.6 Å². The minimum Gasteiger partial charge on any atom is -0.296 e. The molecular weight excluding hydrogens is 150 g/mol. The van der Waals surface area contributed by atoms with Crippen molar-refractivity contribution in [1.29, 1.82) is 0 Å². The zero-order valence-electron chi connectivity index (χ0n) is 6.70. The van der Waals surface area contributed by atoms with Gasteiger partial charge >= 0.3 is 0 Å². The first-order chi connectivity index (χ1) is 4.42. The molecule has 2 nitrogen and oxygen atoms in total. The van der Waals surface area contributed by atoms with Gasteiger partial charge in [0.25, 0.3) is 0 Å². The van der Waals surface area contributed by atoms with Crippen LogP contribution in [-0.4, -0.2) is 12.1 Å². The monoisotopic (exact) mass is 163 g/mol. The van der Waals surface area contributed by atoms with Gasteiger partial charge in [-0.3, -0.25) is 4.84 Å². The van der Waals surface area contributed by atoms with Crippen LogP contribution in [0.1, 0.15) is 20.8 Å². The van der Waals surface area contributed by atoms with Crippen molar-refractivity contribution in [2.24, 2.45) is 0 Å². The van der Waals surface area contributed by atoms with Gasteiger partial charge in [0.05, 0.1) is 12.1 Å². The summed E-state index contributed by atoms with van der Waals surface area (Å²) in [5.74, 6) is 0. The topological polar surface area (TPSA) is 21.3 Å². The third-order valence-electron chi connectivity index (χ3n) is 0.642. The second-order valence-corrected chi connectivity index (χ2v) is 3.59. The van der Waals surface area contributed by atoms with Crippen LogP contribution in [0.4, 0.5) is 0 Å². The van der Waals surface area contributed by atoms with Crippen LogP contribution in [0.25, 0.3) is 0 Å². The summed E-state index contributed by atoms with van der Waals surface area (Å²) < 4.78 is 0. The first kappa shape index (κ1) is 9.95. The van der Waals surface area contributed by atoms with E-state index in [1.807, 2.05) is 20.8 Å². The van der Waals surface area contributed by atoms with Gasteiger partial charge < -0.3 is 0 Å². The SMILES string of the molecule is C=C(Cl)CNOC(C)(C)C. The second-order valence-electron chi connectivity index (χ2n) is 3.05. The molecule has 0 atom stereocenters. The number of hydrogen-bond acceptors (Lipinski definition) is 2. The van der Waals surface area contributed by atoms with Crippen molar-refractivity contribution < 1.29 is 4.84 Å². The Bertz CT molecular complexity index is 117. The Morgan fingerprint density at radius 1 is 1.60 bits per heavy atom.